The maximum absolute atomic E-state index is 12.4. The Bertz CT molecular complexity index is 595. The van der Waals surface area contributed by atoms with Gasteiger partial charge in [-0.1, -0.05) is 6.07 Å². The van der Waals surface area contributed by atoms with Crippen molar-refractivity contribution in [3.05, 3.63) is 23.3 Å². The maximum Gasteiger partial charge on any atom is 0.244 e. The van der Waals surface area contributed by atoms with Crippen molar-refractivity contribution in [2.24, 2.45) is 11.7 Å². The first kappa shape index (κ1) is 15.3. The number of hydrogen-bond donors (Lipinski definition) is 2. The Hall–Kier alpha value is -1.11. The van der Waals surface area contributed by atoms with Crippen LogP contribution in [0.3, 0.4) is 0 Å². The summed E-state index contributed by atoms with van der Waals surface area (Å²) in [6.45, 7) is 3.94. The zero-order valence-electron chi connectivity index (χ0n) is 12.1. The van der Waals surface area contributed by atoms with E-state index < -0.39 is 10.0 Å². The predicted octanol–water partition coefficient (Wildman–Crippen LogP) is 1.33. The van der Waals surface area contributed by atoms with E-state index in [-0.39, 0.29) is 17.5 Å². The molecule has 1 atom stereocenters. The molecule has 1 unspecified atom stereocenters. The van der Waals surface area contributed by atoms with Crippen LogP contribution in [-0.2, 0) is 10.0 Å². The van der Waals surface area contributed by atoms with Crippen LogP contribution in [0, 0.1) is 19.8 Å². The van der Waals surface area contributed by atoms with E-state index in [4.69, 9.17) is 10.5 Å². The molecule has 5 nitrogen and oxygen atoms in total. The summed E-state index contributed by atoms with van der Waals surface area (Å²) < 4.78 is 32.7. The summed E-state index contributed by atoms with van der Waals surface area (Å²) in [6.07, 6.45) is 2.19. The Balaban J connectivity index is 2.24. The van der Waals surface area contributed by atoms with Crippen LogP contribution >= 0.6 is 0 Å². The van der Waals surface area contributed by atoms with Crippen molar-refractivity contribution in [1.29, 1.82) is 0 Å². The molecule has 0 aromatic heterocycles. The van der Waals surface area contributed by atoms with Crippen molar-refractivity contribution >= 4 is 10.0 Å². The van der Waals surface area contributed by atoms with Gasteiger partial charge in [0, 0.05) is 12.6 Å². The number of sulfonamides is 1. The lowest BCUT2D eigenvalue weighted by Crippen LogP contribution is -2.38. The molecule has 0 bridgehead atoms. The van der Waals surface area contributed by atoms with Gasteiger partial charge in [0.15, 0.2) is 0 Å². The summed E-state index contributed by atoms with van der Waals surface area (Å²) >= 11 is 0. The van der Waals surface area contributed by atoms with Crippen LogP contribution in [0.1, 0.15) is 24.0 Å². The Morgan fingerprint density at radius 2 is 2.05 bits per heavy atom. The van der Waals surface area contributed by atoms with Crippen molar-refractivity contribution in [2.45, 2.75) is 37.6 Å². The lowest BCUT2D eigenvalue weighted by Gasteiger charge is -2.16. The summed E-state index contributed by atoms with van der Waals surface area (Å²) in [6, 6.07) is 3.45. The van der Waals surface area contributed by atoms with Gasteiger partial charge in [0.2, 0.25) is 10.0 Å². The highest BCUT2D eigenvalue weighted by molar-refractivity contribution is 7.89. The molecule has 6 heteroatoms. The summed E-state index contributed by atoms with van der Waals surface area (Å²) in [7, 11) is -2.13. The minimum Gasteiger partial charge on any atom is -0.495 e. The summed E-state index contributed by atoms with van der Waals surface area (Å²) in [4.78, 5) is 0.202. The fourth-order valence-electron chi connectivity index (χ4n) is 2.38. The minimum atomic E-state index is -3.61. The molecule has 3 N–H and O–H groups in total. The average molecular weight is 298 g/mol. The Labute approximate surface area is 120 Å². The maximum atomic E-state index is 12.4. The van der Waals surface area contributed by atoms with Crippen molar-refractivity contribution in [3.63, 3.8) is 0 Å². The average Bonchev–Trinajstić information content (AvgIpc) is 3.18. The highest BCUT2D eigenvalue weighted by Gasteiger charge is 2.30. The molecule has 1 aromatic rings. The molecule has 20 heavy (non-hydrogen) atoms. The van der Waals surface area contributed by atoms with Gasteiger partial charge >= 0.3 is 0 Å². The zero-order chi connectivity index (χ0) is 14.9. The first-order chi connectivity index (χ1) is 9.35. The molecule has 2 rings (SSSR count). The lowest BCUT2D eigenvalue weighted by molar-refractivity contribution is 0.401. The second kappa shape index (κ2) is 5.71. The highest BCUT2D eigenvalue weighted by atomic mass is 32.2. The monoisotopic (exact) mass is 298 g/mol. The third-order valence-corrected chi connectivity index (χ3v) is 5.22. The summed E-state index contributed by atoms with van der Waals surface area (Å²) in [5.74, 6) is 0.828. The van der Waals surface area contributed by atoms with Crippen molar-refractivity contribution in [2.75, 3.05) is 13.7 Å². The smallest absolute Gasteiger partial charge is 0.244 e. The van der Waals surface area contributed by atoms with Crippen LogP contribution in [0.15, 0.2) is 17.0 Å². The van der Waals surface area contributed by atoms with Crippen LogP contribution in [-0.4, -0.2) is 28.1 Å². The molecule has 0 amide bonds. The molecule has 112 valence electrons. The number of nitrogens with one attached hydrogen (secondary N) is 1. The number of nitrogens with two attached hydrogens (primary N) is 1. The summed E-state index contributed by atoms with van der Waals surface area (Å²) in [5, 5.41) is 0. The normalized spacial score (nSPS) is 17.0. The van der Waals surface area contributed by atoms with Gasteiger partial charge in [0.05, 0.1) is 7.11 Å². The molecule has 0 aliphatic heterocycles. The van der Waals surface area contributed by atoms with Crippen LogP contribution in [0.2, 0.25) is 0 Å². The topological polar surface area (TPSA) is 81.4 Å². The van der Waals surface area contributed by atoms with Crippen molar-refractivity contribution in [3.8, 4) is 5.75 Å². The Kier molecular flexibility index (Phi) is 4.36. The predicted molar refractivity (Wildman–Crippen MR) is 78.4 cm³/mol. The number of hydrogen-bond acceptors (Lipinski definition) is 4. The number of rotatable bonds is 6. The molecule has 0 heterocycles. The number of methoxy groups -OCH3 is 1. The van der Waals surface area contributed by atoms with Crippen LogP contribution in [0.4, 0.5) is 0 Å². The van der Waals surface area contributed by atoms with E-state index in [0.717, 1.165) is 18.4 Å². The van der Waals surface area contributed by atoms with E-state index in [2.05, 4.69) is 4.72 Å². The van der Waals surface area contributed by atoms with Gasteiger partial charge in [-0.2, -0.15) is 0 Å². The molecule has 1 aromatic carbocycles. The second-order valence-electron chi connectivity index (χ2n) is 5.47. The molecule has 1 fully saturated rings. The third-order valence-electron chi connectivity index (χ3n) is 3.61. The van der Waals surface area contributed by atoms with Gasteiger partial charge in [-0.3, -0.25) is 0 Å². The fraction of sp³-hybridized carbons (Fsp3) is 0.571. The number of benzene rings is 1. The van der Waals surface area contributed by atoms with Gasteiger partial charge in [-0.15, -0.1) is 0 Å². The first-order valence-electron chi connectivity index (χ1n) is 6.75. The minimum absolute atomic E-state index is 0.110. The molecule has 0 radical (unpaired) electrons. The van der Waals surface area contributed by atoms with Crippen molar-refractivity contribution in [1.82, 2.24) is 4.72 Å². The quantitative estimate of drug-likeness (QED) is 0.830. The number of ether oxygens (including phenoxy) is 1. The van der Waals surface area contributed by atoms with E-state index in [9.17, 15) is 8.42 Å². The first-order valence-corrected chi connectivity index (χ1v) is 8.24. The molecular weight excluding hydrogens is 276 g/mol. The van der Waals surface area contributed by atoms with E-state index in [1.165, 1.54) is 7.11 Å². The largest absolute Gasteiger partial charge is 0.495 e. The molecule has 0 spiro atoms. The van der Waals surface area contributed by atoms with Gasteiger partial charge in [-0.05, 0) is 49.8 Å². The zero-order valence-corrected chi connectivity index (χ0v) is 13.0. The SMILES string of the molecule is COc1cc(C)cc(C)c1S(=O)(=O)NCC(N)C1CC1. The molecule has 0 saturated heterocycles. The highest BCUT2D eigenvalue weighted by Crippen LogP contribution is 2.32. The van der Waals surface area contributed by atoms with Crippen molar-refractivity contribution < 1.29 is 13.2 Å². The number of aryl methyl sites for hydroxylation is 2. The molecule has 1 aliphatic carbocycles. The standard InChI is InChI=1S/C14H22N2O3S/c1-9-6-10(2)14(13(7-9)19-3)20(17,18)16-8-12(15)11-4-5-11/h6-7,11-12,16H,4-5,8,15H2,1-3H3. The molecule has 1 saturated carbocycles. The second-order valence-corrected chi connectivity index (χ2v) is 7.17. The van der Waals surface area contributed by atoms with E-state index in [0.29, 0.717) is 17.2 Å². The molecular formula is C14H22N2O3S. The van der Waals surface area contributed by atoms with Gasteiger partial charge in [0.25, 0.3) is 0 Å². The third kappa shape index (κ3) is 3.31. The van der Waals surface area contributed by atoms with Crippen LogP contribution in [0.5, 0.6) is 5.75 Å². The van der Waals surface area contributed by atoms with Gasteiger partial charge in [-0.25, -0.2) is 13.1 Å². The van der Waals surface area contributed by atoms with E-state index in [1.54, 1.807) is 13.0 Å². The van der Waals surface area contributed by atoms with E-state index >= 15 is 0 Å². The van der Waals surface area contributed by atoms with E-state index in [1.807, 2.05) is 13.0 Å². The molecule has 1 aliphatic rings. The van der Waals surface area contributed by atoms with Gasteiger partial charge < -0.3 is 10.5 Å². The Morgan fingerprint density at radius 3 is 2.60 bits per heavy atom. The van der Waals surface area contributed by atoms with Gasteiger partial charge in [0.1, 0.15) is 10.6 Å². The van der Waals surface area contributed by atoms with Crippen LogP contribution in [0.25, 0.3) is 0 Å². The fourth-order valence-corrected chi connectivity index (χ4v) is 3.83. The lowest BCUT2D eigenvalue weighted by atomic mass is 10.1. The summed E-state index contributed by atoms with van der Waals surface area (Å²) in [5.41, 5.74) is 7.58. The Morgan fingerprint density at radius 1 is 1.40 bits per heavy atom. The van der Waals surface area contributed by atoms with Crippen LogP contribution < -0.4 is 15.2 Å².